The summed E-state index contributed by atoms with van der Waals surface area (Å²) in [5, 5.41) is 8.62. The van der Waals surface area contributed by atoms with Gasteiger partial charge >= 0.3 is 0 Å². The van der Waals surface area contributed by atoms with E-state index >= 15 is 0 Å². The summed E-state index contributed by atoms with van der Waals surface area (Å²) < 4.78 is 6.42. The molecule has 0 bridgehead atoms. The van der Waals surface area contributed by atoms with Crippen molar-refractivity contribution in [1.82, 2.24) is 5.32 Å². The summed E-state index contributed by atoms with van der Waals surface area (Å²) in [6.45, 7) is 2.51. The molecule has 2 amide bonds. The maximum atomic E-state index is 12.7. The highest BCUT2D eigenvalue weighted by Gasteiger charge is 2.15. The lowest BCUT2D eigenvalue weighted by molar-refractivity contribution is 0.0972. The molecular formula is C24H22BrN3O3S. The molecule has 32 heavy (non-hydrogen) atoms. The third-order valence-corrected chi connectivity index (χ3v) is 5.01. The molecule has 0 saturated heterocycles. The van der Waals surface area contributed by atoms with Gasteiger partial charge in [-0.1, -0.05) is 41.1 Å². The van der Waals surface area contributed by atoms with Gasteiger partial charge in [0.15, 0.2) is 5.11 Å². The van der Waals surface area contributed by atoms with E-state index in [2.05, 4.69) is 31.9 Å². The first kappa shape index (κ1) is 23.4. The first-order chi connectivity index (χ1) is 15.5. The lowest BCUT2D eigenvalue weighted by Crippen LogP contribution is -2.34. The van der Waals surface area contributed by atoms with Gasteiger partial charge in [-0.2, -0.15) is 0 Å². The van der Waals surface area contributed by atoms with Gasteiger partial charge in [0, 0.05) is 21.4 Å². The van der Waals surface area contributed by atoms with Crippen LogP contribution in [0.3, 0.4) is 0 Å². The van der Waals surface area contributed by atoms with Crippen molar-refractivity contribution < 1.29 is 14.3 Å². The summed E-state index contributed by atoms with van der Waals surface area (Å²) in [6, 6.07) is 21.2. The molecule has 0 aromatic heterocycles. The zero-order valence-corrected chi connectivity index (χ0v) is 19.8. The van der Waals surface area contributed by atoms with E-state index in [1.165, 1.54) is 0 Å². The molecule has 0 aliphatic rings. The Labute approximate surface area is 200 Å². The predicted octanol–water partition coefficient (Wildman–Crippen LogP) is 5.62. The Morgan fingerprint density at radius 2 is 1.56 bits per heavy atom. The second-order valence-corrected chi connectivity index (χ2v) is 8.12. The molecule has 164 valence electrons. The Morgan fingerprint density at radius 1 is 0.906 bits per heavy atom. The fourth-order valence-corrected chi connectivity index (χ4v) is 3.35. The quantitative estimate of drug-likeness (QED) is 0.359. The van der Waals surface area contributed by atoms with E-state index in [4.69, 9.17) is 17.0 Å². The lowest BCUT2D eigenvalue weighted by Gasteiger charge is -2.13. The molecule has 0 saturated carbocycles. The number of hydrogen-bond acceptors (Lipinski definition) is 4. The van der Waals surface area contributed by atoms with Crippen molar-refractivity contribution in [2.24, 2.45) is 0 Å². The largest absolute Gasteiger partial charge is 0.493 e. The number of carbonyl (C=O) groups is 2. The minimum Gasteiger partial charge on any atom is -0.493 e. The van der Waals surface area contributed by atoms with Crippen molar-refractivity contribution >= 4 is 56.4 Å². The summed E-state index contributed by atoms with van der Waals surface area (Å²) in [4.78, 5) is 24.9. The number of hydrogen-bond donors (Lipinski definition) is 3. The first-order valence-corrected chi connectivity index (χ1v) is 11.2. The van der Waals surface area contributed by atoms with Gasteiger partial charge in [-0.3, -0.25) is 14.9 Å². The molecule has 0 fully saturated rings. The number of nitrogens with one attached hydrogen (secondary N) is 3. The Kier molecular flexibility index (Phi) is 8.35. The van der Waals surface area contributed by atoms with Gasteiger partial charge < -0.3 is 15.4 Å². The van der Waals surface area contributed by atoms with E-state index in [9.17, 15) is 9.59 Å². The lowest BCUT2D eigenvalue weighted by atomic mass is 10.2. The van der Waals surface area contributed by atoms with Crippen LogP contribution in [0.1, 0.15) is 34.1 Å². The molecule has 0 unspecified atom stereocenters. The Morgan fingerprint density at radius 3 is 2.22 bits per heavy atom. The van der Waals surface area contributed by atoms with Crippen LogP contribution in [-0.4, -0.2) is 23.5 Å². The van der Waals surface area contributed by atoms with Crippen molar-refractivity contribution in [3.63, 3.8) is 0 Å². The van der Waals surface area contributed by atoms with Crippen molar-refractivity contribution in [2.75, 3.05) is 17.2 Å². The standard InChI is InChI=1S/C24H22BrN3O3S/c1-2-14-31-21-13-8-17(25)15-20(21)23(30)28-24(32)27-19-11-9-18(10-12-19)26-22(29)16-6-4-3-5-7-16/h3-13,15H,2,14H2,1H3,(H,26,29)(H2,27,28,30,32). The van der Waals surface area contributed by atoms with Crippen LogP contribution in [0.2, 0.25) is 0 Å². The molecule has 0 radical (unpaired) electrons. The van der Waals surface area contributed by atoms with Crippen LogP contribution in [0.15, 0.2) is 77.3 Å². The zero-order valence-electron chi connectivity index (χ0n) is 17.4. The number of rotatable bonds is 7. The highest BCUT2D eigenvalue weighted by Crippen LogP contribution is 2.23. The second kappa shape index (κ2) is 11.4. The van der Waals surface area contributed by atoms with Crippen LogP contribution in [-0.2, 0) is 0 Å². The molecule has 0 aliphatic heterocycles. The van der Waals surface area contributed by atoms with E-state index < -0.39 is 0 Å². The molecule has 8 heteroatoms. The minimum atomic E-state index is -0.373. The molecule has 0 atom stereocenters. The number of amides is 2. The summed E-state index contributed by atoms with van der Waals surface area (Å²) in [7, 11) is 0. The predicted molar refractivity (Wildman–Crippen MR) is 134 cm³/mol. The van der Waals surface area contributed by atoms with E-state index in [0.717, 1.165) is 10.9 Å². The Hall–Kier alpha value is -3.23. The summed E-state index contributed by atoms with van der Waals surface area (Å²) in [6.07, 6.45) is 0.832. The van der Waals surface area contributed by atoms with E-state index in [1.54, 1.807) is 48.5 Å². The van der Waals surface area contributed by atoms with Gasteiger partial charge in [-0.25, -0.2) is 0 Å². The van der Waals surface area contributed by atoms with Gasteiger partial charge in [0.05, 0.1) is 12.2 Å². The molecule has 6 nitrogen and oxygen atoms in total. The second-order valence-electron chi connectivity index (χ2n) is 6.79. The molecule has 0 aliphatic carbocycles. The van der Waals surface area contributed by atoms with E-state index in [-0.39, 0.29) is 16.9 Å². The summed E-state index contributed by atoms with van der Waals surface area (Å²) in [5.74, 6) is -0.0697. The highest BCUT2D eigenvalue weighted by atomic mass is 79.9. The van der Waals surface area contributed by atoms with E-state index in [1.807, 2.05) is 31.2 Å². The van der Waals surface area contributed by atoms with Crippen molar-refractivity contribution in [2.45, 2.75) is 13.3 Å². The first-order valence-electron chi connectivity index (χ1n) is 9.97. The van der Waals surface area contributed by atoms with Crippen LogP contribution in [0.4, 0.5) is 11.4 Å². The van der Waals surface area contributed by atoms with Crippen LogP contribution in [0.5, 0.6) is 5.75 Å². The number of anilines is 2. The molecule has 3 aromatic rings. The van der Waals surface area contributed by atoms with Crippen molar-refractivity contribution in [3.8, 4) is 5.75 Å². The Bertz CT molecular complexity index is 1110. The smallest absolute Gasteiger partial charge is 0.261 e. The average molecular weight is 512 g/mol. The van der Waals surface area contributed by atoms with Gasteiger partial charge in [0.1, 0.15) is 5.75 Å². The molecular weight excluding hydrogens is 490 g/mol. The zero-order chi connectivity index (χ0) is 22.9. The Balaban J connectivity index is 1.59. The van der Waals surface area contributed by atoms with Crippen molar-refractivity contribution in [3.05, 3.63) is 88.4 Å². The normalized spacial score (nSPS) is 10.2. The van der Waals surface area contributed by atoms with Gasteiger partial charge in [-0.15, -0.1) is 0 Å². The van der Waals surface area contributed by atoms with Gasteiger partial charge in [0.25, 0.3) is 11.8 Å². The average Bonchev–Trinajstić information content (AvgIpc) is 2.80. The van der Waals surface area contributed by atoms with Crippen LogP contribution in [0.25, 0.3) is 0 Å². The van der Waals surface area contributed by atoms with Crippen LogP contribution in [0, 0.1) is 0 Å². The maximum absolute atomic E-state index is 12.7. The number of halogens is 1. The van der Waals surface area contributed by atoms with Crippen molar-refractivity contribution in [1.29, 1.82) is 0 Å². The molecule has 0 spiro atoms. The molecule has 3 rings (SSSR count). The maximum Gasteiger partial charge on any atom is 0.261 e. The van der Waals surface area contributed by atoms with Gasteiger partial charge in [0.2, 0.25) is 0 Å². The fourth-order valence-electron chi connectivity index (χ4n) is 2.78. The summed E-state index contributed by atoms with van der Waals surface area (Å²) >= 11 is 8.65. The number of carbonyl (C=O) groups excluding carboxylic acids is 2. The monoisotopic (exact) mass is 511 g/mol. The SMILES string of the molecule is CCCOc1ccc(Br)cc1C(=O)NC(=S)Nc1ccc(NC(=O)c2ccccc2)cc1. The van der Waals surface area contributed by atoms with Crippen LogP contribution < -0.4 is 20.7 Å². The molecule has 3 aromatic carbocycles. The summed E-state index contributed by atoms with van der Waals surface area (Å²) in [5.41, 5.74) is 2.28. The fraction of sp³-hybridized carbons (Fsp3) is 0.125. The highest BCUT2D eigenvalue weighted by molar-refractivity contribution is 9.10. The number of thiocarbonyl (C=S) groups is 1. The minimum absolute atomic E-state index is 0.150. The van der Waals surface area contributed by atoms with Crippen LogP contribution >= 0.6 is 28.1 Å². The third-order valence-electron chi connectivity index (χ3n) is 4.31. The number of ether oxygens (including phenoxy) is 1. The molecule has 0 heterocycles. The topological polar surface area (TPSA) is 79.5 Å². The van der Waals surface area contributed by atoms with E-state index in [0.29, 0.717) is 34.9 Å². The number of benzene rings is 3. The molecule has 3 N–H and O–H groups in total. The van der Waals surface area contributed by atoms with Gasteiger partial charge in [-0.05, 0) is 73.2 Å². The third kappa shape index (κ3) is 6.63.